The summed E-state index contributed by atoms with van der Waals surface area (Å²) in [5.74, 6) is 0. The fraction of sp³-hybridized carbons (Fsp3) is 0.286. The molecule has 3 rings (SSSR count). The van der Waals surface area contributed by atoms with E-state index in [9.17, 15) is 13.2 Å². The predicted molar refractivity (Wildman–Crippen MR) is 82.4 cm³/mol. The molecule has 1 N–H and O–H groups in total. The van der Waals surface area contributed by atoms with Gasteiger partial charge in [-0.25, -0.2) is 4.98 Å². The molecule has 2 heterocycles. The highest BCUT2D eigenvalue weighted by molar-refractivity contribution is 7.92. The number of nitrogens with zero attached hydrogens (tertiary/aromatic N) is 3. The predicted octanol–water partition coefficient (Wildman–Crippen LogP) is 0.781. The van der Waals surface area contributed by atoms with Crippen LogP contribution >= 0.6 is 0 Å². The number of hydrogen-bond donors (Lipinski definition) is 1. The lowest BCUT2D eigenvalue weighted by atomic mass is 10.1. The molecule has 116 valence electrons. The first-order chi connectivity index (χ1) is 10.4. The van der Waals surface area contributed by atoms with Crippen LogP contribution in [0.25, 0.3) is 0 Å². The number of rotatable bonds is 4. The number of carbonyl (C=O) groups is 1. The molecule has 1 aliphatic heterocycles. The Morgan fingerprint density at radius 3 is 2.86 bits per heavy atom. The molecule has 0 saturated carbocycles. The first kappa shape index (κ1) is 14.6. The topological polar surface area (TPSA) is 84.3 Å². The maximum absolute atomic E-state index is 12.7. The molecule has 2 aromatic rings. The molecule has 0 amide bonds. The number of para-hydroxylation sites is 1. The zero-order valence-electron chi connectivity index (χ0n) is 12.2. The van der Waals surface area contributed by atoms with Gasteiger partial charge in [0, 0.05) is 32.9 Å². The lowest BCUT2D eigenvalue weighted by molar-refractivity contribution is -0.108. The van der Waals surface area contributed by atoms with Gasteiger partial charge in [0.1, 0.15) is 6.29 Å². The van der Waals surface area contributed by atoms with E-state index in [1.165, 1.54) is 22.1 Å². The second-order valence-electron chi connectivity index (χ2n) is 5.20. The lowest BCUT2D eigenvalue weighted by Crippen LogP contribution is -2.29. The minimum atomic E-state index is -3.77. The molecule has 1 aromatic carbocycles. The van der Waals surface area contributed by atoms with Gasteiger partial charge in [-0.3, -0.25) is 4.31 Å². The zero-order chi connectivity index (χ0) is 15.9. The highest BCUT2D eigenvalue weighted by atomic mass is 32.2. The Balaban J connectivity index is 2.05. The van der Waals surface area contributed by atoms with Crippen LogP contribution in [0, 0.1) is 0 Å². The molecule has 0 aliphatic carbocycles. The van der Waals surface area contributed by atoms with Gasteiger partial charge in [0.25, 0.3) is 10.0 Å². The molecule has 8 heteroatoms. The first-order valence-corrected chi connectivity index (χ1v) is 8.19. The Morgan fingerprint density at radius 1 is 1.45 bits per heavy atom. The largest absolute Gasteiger partial charge is 0.373 e. The minimum absolute atomic E-state index is 0.0301. The first-order valence-electron chi connectivity index (χ1n) is 6.75. The Labute approximate surface area is 128 Å². The van der Waals surface area contributed by atoms with Crippen LogP contribution < -0.4 is 9.62 Å². The average molecular weight is 320 g/mol. The van der Waals surface area contributed by atoms with E-state index in [-0.39, 0.29) is 11.2 Å². The van der Waals surface area contributed by atoms with Gasteiger partial charge in [-0.2, -0.15) is 8.42 Å². The van der Waals surface area contributed by atoms with Gasteiger partial charge < -0.3 is 14.7 Å². The van der Waals surface area contributed by atoms with Crippen LogP contribution in [0.3, 0.4) is 0 Å². The summed E-state index contributed by atoms with van der Waals surface area (Å²) in [7, 11) is -0.658. The van der Waals surface area contributed by atoms with Gasteiger partial charge in [-0.1, -0.05) is 12.1 Å². The quantitative estimate of drug-likeness (QED) is 0.842. The summed E-state index contributed by atoms with van der Waals surface area (Å²) in [6.07, 6.45) is 4.41. The van der Waals surface area contributed by atoms with Crippen molar-refractivity contribution in [3.05, 3.63) is 36.2 Å². The van der Waals surface area contributed by atoms with Gasteiger partial charge in [0.15, 0.2) is 0 Å². The summed E-state index contributed by atoms with van der Waals surface area (Å²) in [4.78, 5) is 14.9. The third-order valence-electron chi connectivity index (χ3n) is 3.77. The van der Waals surface area contributed by atoms with Crippen LogP contribution in [-0.4, -0.2) is 37.3 Å². The minimum Gasteiger partial charge on any atom is -0.373 e. The molecule has 0 radical (unpaired) electrons. The number of sulfonamides is 1. The van der Waals surface area contributed by atoms with Crippen LogP contribution in [0.4, 0.5) is 11.4 Å². The van der Waals surface area contributed by atoms with Crippen LogP contribution in [0.1, 0.15) is 5.56 Å². The molecular weight excluding hydrogens is 304 g/mol. The standard InChI is InChI=1S/C14H16N4O3S/c1-17-7-6-15-14(17)22(20,21)18(2)12-5-3-4-10-8-11(9-19)16-13(10)12/h3-7,9,11,16H,8H2,1-2H3. The summed E-state index contributed by atoms with van der Waals surface area (Å²) in [6, 6.07) is 5.06. The smallest absolute Gasteiger partial charge is 0.298 e. The van der Waals surface area contributed by atoms with Crippen molar-refractivity contribution in [3.63, 3.8) is 0 Å². The Hall–Kier alpha value is -2.35. The number of aromatic nitrogens is 2. The molecule has 22 heavy (non-hydrogen) atoms. The van der Waals surface area contributed by atoms with Gasteiger partial charge in [-0.05, 0) is 11.6 Å². The van der Waals surface area contributed by atoms with Gasteiger partial charge in [0.05, 0.1) is 17.4 Å². The van der Waals surface area contributed by atoms with E-state index in [0.717, 1.165) is 11.8 Å². The summed E-state index contributed by atoms with van der Waals surface area (Å²) in [5.41, 5.74) is 2.11. The third-order valence-corrected chi connectivity index (χ3v) is 5.54. The number of aryl methyl sites for hydroxylation is 1. The Morgan fingerprint density at radius 2 is 2.23 bits per heavy atom. The molecule has 1 aromatic heterocycles. The normalized spacial score (nSPS) is 16.9. The van der Waals surface area contributed by atoms with Crippen molar-refractivity contribution in [1.82, 2.24) is 9.55 Å². The van der Waals surface area contributed by atoms with Crippen LogP contribution in [-0.2, 0) is 28.3 Å². The van der Waals surface area contributed by atoms with E-state index < -0.39 is 10.0 Å². The van der Waals surface area contributed by atoms with Crippen LogP contribution in [0.15, 0.2) is 35.7 Å². The van der Waals surface area contributed by atoms with Gasteiger partial charge >= 0.3 is 0 Å². The van der Waals surface area contributed by atoms with Crippen molar-refractivity contribution in [2.75, 3.05) is 16.7 Å². The van der Waals surface area contributed by atoms with Gasteiger partial charge in [0.2, 0.25) is 5.16 Å². The number of carbonyl (C=O) groups excluding carboxylic acids is 1. The summed E-state index contributed by atoms with van der Waals surface area (Å²) in [6.45, 7) is 0. The van der Waals surface area contributed by atoms with Gasteiger partial charge in [-0.15, -0.1) is 0 Å². The second kappa shape index (κ2) is 5.13. The number of nitrogens with one attached hydrogen (secondary N) is 1. The van der Waals surface area contributed by atoms with Crippen molar-refractivity contribution in [1.29, 1.82) is 0 Å². The highest BCUT2D eigenvalue weighted by Gasteiger charge is 2.30. The third kappa shape index (κ3) is 2.16. The Bertz CT molecular complexity index is 828. The number of benzene rings is 1. The van der Waals surface area contributed by atoms with Crippen molar-refractivity contribution in [2.45, 2.75) is 17.6 Å². The van der Waals surface area contributed by atoms with Crippen molar-refractivity contribution in [3.8, 4) is 0 Å². The molecular formula is C14H16N4O3S. The summed E-state index contributed by atoms with van der Waals surface area (Å²) in [5, 5.41) is 3.03. The SMILES string of the molecule is CN(c1cccc2c1NC(C=O)C2)S(=O)(=O)c1nccn1C. The van der Waals surface area contributed by atoms with E-state index >= 15 is 0 Å². The van der Waals surface area contributed by atoms with Crippen LogP contribution in [0.5, 0.6) is 0 Å². The summed E-state index contributed by atoms with van der Waals surface area (Å²) >= 11 is 0. The molecule has 7 nitrogen and oxygen atoms in total. The molecule has 1 atom stereocenters. The van der Waals surface area contributed by atoms with Crippen molar-refractivity contribution >= 4 is 27.7 Å². The average Bonchev–Trinajstić information content (AvgIpc) is 3.11. The van der Waals surface area contributed by atoms with E-state index in [4.69, 9.17) is 0 Å². The second-order valence-corrected chi connectivity index (χ2v) is 7.06. The molecule has 1 unspecified atom stereocenters. The van der Waals surface area contributed by atoms with Crippen molar-refractivity contribution in [2.24, 2.45) is 7.05 Å². The molecule has 0 spiro atoms. The number of hydrogen-bond acceptors (Lipinski definition) is 5. The lowest BCUT2D eigenvalue weighted by Gasteiger charge is -2.21. The zero-order valence-corrected chi connectivity index (χ0v) is 13.0. The number of aldehydes is 1. The number of imidazole rings is 1. The van der Waals surface area contributed by atoms with E-state index in [1.54, 1.807) is 25.4 Å². The number of anilines is 2. The van der Waals surface area contributed by atoms with E-state index in [2.05, 4.69) is 10.3 Å². The fourth-order valence-electron chi connectivity index (χ4n) is 2.59. The van der Waals surface area contributed by atoms with Crippen molar-refractivity contribution < 1.29 is 13.2 Å². The molecule has 0 fully saturated rings. The highest BCUT2D eigenvalue weighted by Crippen LogP contribution is 2.36. The van der Waals surface area contributed by atoms with E-state index in [1.807, 2.05) is 6.07 Å². The van der Waals surface area contributed by atoms with E-state index in [0.29, 0.717) is 17.8 Å². The molecule has 0 saturated heterocycles. The number of fused-ring (bicyclic) bond motifs is 1. The summed E-state index contributed by atoms with van der Waals surface area (Å²) < 4.78 is 28.1. The maximum Gasteiger partial charge on any atom is 0.298 e. The maximum atomic E-state index is 12.7. The fourth-order valence-corrected chi connectivity index (χ4v) is 3.87. The molecule has 1 aliphatic rings. The Kier molecular flexibility index (Phi) is 3.40. The molecule has 0 bridgehead atoms. The van der Waals surface area contributed by atoms with Crippen LogP contribution in [0.2, 0.25) is 0 Å². The monoisotopic (exact) mass is 320 g/mol.